The zero-order chi connectivity index (χ0) is 11.4. The summed E-state index contributed by atoms with van der Waals surface area (Å²) in [4.78, 5) is 7.31. The number of halogens is 1. The van der Waals surface area contributed by atoms with Crippen molar-refractivity contribution >= 4 is 11.5 Å². The Kier molecular flexibility index (Phi) is 3.10. The fraction of sp³-hybridized carbons (Fsp3) is 0.167. The molecule has 0 saturated heterocycles. The van der Waals surface area contributed by atoms with Crippen LogP contribution in [0.15, 0.2) is 36.7 Å². The van der Waals surface area contributed by atoms with Gasteiger partial charge < -0.3 is 5.32 Å². The van der Waals surface area contributed by atoms with Crippen LogP contribution in [0.1, 0.15) is 12.5 Å². The summed E-state index contributed by atoms with van der Waals surface area (Å²) in [5.41, 5.74) is 2.15. The van der Waals surface area contributed by atoms with Gasteiger partial charge in [-0.3, -0.25) is 0 Å². The highest BCUT2D eigenvalue weighted by Gasteiger charge is 1.98. The average Bonchev–Trinajstić information content (AvgIpc) is 2.30. The third-order valence-electron chi connectivity index (χ3n) is 2.27. The highest BCUT2D eigenvalue weighted by molar-refractivity contribution is 5.55. The molecule has 0 fully saturated rings. The van der Waals surface area contributed by atoms with Crippen LogP contribution in [0.4, 0.5) is 15.9 Å². The number of rotatable bonds is 3. The van der Waals surface area contributed by atoms with E-state index in [1.165, 1.54) is 18.0 Å². The van der Waals surface area contributed by atoms with Crippen LogP contribution in [0, 0.1) is 5.95 Å². The van der Waals surface area contributed by atoms with E-state index in [4.69, 9.17) is 0 Å². The first-order valence-corrected chi connectivity index (χ1v) is 5.11. The molecule has 0 aliphatic carbocycles. The van der Waals surface area contributed by atoms with Gasteiger partial charge in [0, 0.05) is 11.8 Å². The lowest BCUT2D eigenvalue weighted by atomic mass is 10.1. The highest BCUT2D eigenvalue weighted by atomic mass is 19.1. The number of nitrogens with zero attached hydrogens (tertiary/aromatic N) is 2. The van der Waals surface area contributed by atoms with E-state index in [1.54, 1.807) is 0 Å². The van der Waals surface area contributed by atoms with Crippen LogP contribution in [0.2, 0.25) is 0 Å². The largest absolute Gasteiger partial charge is 0.340 e. The van der Waals surface area contributed by atoms with Crippen molar-refractivity contribution < 1.29 is 4.39 Å². The molecule has 2 aromatic rings. The molecule has 82 valence electrons. The normalized spacial score (nSPS) is 10.1. The fourth-order valence-corrected chi connectivity index (χ4v) is 1.37. The minimum atomic E-state index is -0.539. The Morgan fingerprint density at radius 3 is 2.56 bits per heavy atom. The molecule has 16 heavy (non-hydrogen) atoms. The molecule has 0 radical (unpaired) electrons. The molecule has 0 aliphatic heterocycles. The Bertz CT molecular complexity index is 468. The number of benzene rings is 1. The summed E-state index contributed by atoms with van der Waals surface area (Å²) in [5, 5.41) is 3.00. The van der Waals surface area contributed by atoms with Gasteiger partial charge in [-0.25, -0.2) is 9.97 Å². The van der Waals surface area contributed by atoms with Crippen molar-refractivity contribution in [3.63, 3.8) is 0 Å². The number of aromatic nitrogens is 2. The van der Waals surface area contributed by atoms with Crippen LogP contribution in [0.5, 0.6) is 0 Å². The maximum Gasteiger partial charge on any atom is 0.218 e. The van der Waals surface area contributed by atoms with Gasteiger partial charge >= 0.3 is 0 Å². The van der Waals surface area contributed by atoms with Crippen LogP contribution in [-0.4, -0.2) is 9.97 Å². The second-order valence-corrected chi connectivity index (χ2v) is 3.40. The standard InChI is InChI=1S/C12H12FN3/c1-2-9-3-5-10(6-4-9)16-12-7-11(13)14-8-15-12/h3-8H,2H2,1H3,(H,14,15,16). The van der Waals surface area contributed by atoms with Gasteiger partial charge in [-0.05, 0) is 24.1 Å². The number of hydrogen-bond acceptors (Lipinski definition) is 3. The van der Waals surface area contributed by atoms with E-state index in [-0.39, 0.29) is 0 Å². The number of hydrogen-bond donors (Lipinski definition) is 1. The monoisotopic (exact) mass is 217 g/mol. The molecule has 0 atom stereocenters. The van der Waals surface area contributed by atoms with E-state index in [2.05, 4.69) is 22.2 Å². The zero-order valence-corrected chi connectivity index (χ0v) is 8.94. The van der Waals surface area contributed by atoms with Crippen molar-refractivity contribution in [1.82, 2.24) is 9.97 Å². The first-order valence-electron chi connectivity index (χ1n) is 5.11. The third-order valence-corrected chi connectivity index (χ3v) is 2.27. The Hall–Kier alpha value is -1.97. The second kappa shape index (κ2) is 4.70. The van der Waals surface area contributed by atoms with Crippen LogP contribution in [0.3, 0.4) is 0 Å². The van der Waals surface area contributed by atoms with Crippen molar-refractivity contribution in [1.29, 1.82) is 0 Å². The molecule has 1 heterocycles. The van der Waals surface area contributed by atoms with E-state index >= 15 is 0 Å². The van der Waals surface area contributed by atoms with Crippen molar-refractivity contribution in [3.05, 3.63) is 48.2 Å². The maximum atomic E-state index is 12.8. The van der Waals surface area contributed by atoms with E-state index in [1.807, 2.05) is 24.3 Å². The summed E-state index contributed by atoms with van der Waals surface area (Å²) < 4.78 is 12.8. The molecule has 0 bridgehead atoms. The van der Waals surface area contributed by atoms with Crippen LogP contribution in [0.25, 0.3) is 0 Å². The van der Waals surface area contributed by atoms with Gasteiger partial charge in [0.2, 0.25) is 5.95 Å². The number of aryl methyl sites for hydroxylation is 1. The molecule has 0 amide bonds. The van der Waals surface area contributed by atoms with Crippen molar-refractivity contribution in [3.8, 4) is 0 Å². The van der Waals surface area contributed by atoms with E-state index < -0.39 is 5.95 Å². The fourth-order valence-electron chi connectivity index (χ4n) is 1.37. The van der Waals surface area contributed by atoms with Crippen LogP contribution >= 0.6 is 0 Å². The quantitative estimate of drug-likeness (QED) is 0.803. The van der Waals surface area contributed by atoms with Gasteiger partial charge in [-0.2, -0.15) is 4.39 Å². The summed E-state index contributed by atoms with van der Waals surface area (Å²) in [6, 6.07) is 9.20. The van der Waals surface area contributed by atoms with E-state index in [0.717, 1.165) is 12.1 Å². The molecule has 0 saturated carbocycles. The lowest BCUT2D eigenvalue weighted by Crippen LogP contribution is -1.95. The molecular weight excluding hydrogens is 205 g/mol. The molecule has 4 heteroatoms. The Labute approximate surface area is 93.4 Å². The average molecular weight is 217 g/mol. The molecule has 3 nitrogen and oxygen atoms in total. The Morgan fingerprint density at radius 1 is 1.19 bits per heavy atom. The summed E-state index contributed by atoms with van der Waals surface area (Å²) in [5.74, 6) is -0.0839. The van der Waals surface area contributed by atoms with Gasteiger partial charge in [0.05, 0.1) is 0 Å². The predicted molar refractivity (Wildman–Crippen MR) is 61.1 cm³/mol. The molecule has 0 aliphatic rings. The van der Waals surface area contributed by atoms with Crippen molar-refractivity contribution in [2.24, 2.45) is 0 Å². The summed E-state index contributed by atoms with van der Waals surface area (Å²) in [6.07, 6.45) is 2.19. The third kappa shape index (κ3) is 2.53. The maximum absolute atomic E-state index is 12.8. The number of anilines is 2. The molecular formula is C12H12FN3. The summed E-state index contributed by atoms with van der Waals surface area (Å²) >= 11 is 0. The van der Waals surface area contributed by atoms with Gasteiger partial charge in [0.15, 0.2) is 0 Å². The van der Waals surface area contributed by atoms with Gasteiger partial charge in [-0.15, -0.1) is 0 Å². The Morgan fingerprint density at radius 2 is 1.94 bits per heavy atom. The highest BCUT2D eigenvalue weighted by Crippen LogP contribution is 2.15. The van der Waals surface area contributed by atoms with E-state index in [9.17, 15) is 4.39 Å². The smallest absolute Gasteiger partial charge is 0.218 e. The lowest BCUT2D eigenvalue weighted by Gasteiger charge is -2.05. The molecule has 0 unspecified atom stereocenters. The molecule has 1 aromatic carbocycles. The van der Waals surface area contributed by atoms with Crippen LogP contribution in [-0.2, 0) is 6.42 Å². The minimum Gasteiger partial charge on any atom is -0.340 e. The molecule has 1 aromatic heterocycles. The lowest BCUT2D eigenvalue weighted by molar-refractivity contribution is 0.580. The summed E-state index contributed by atoms with van der Waals surface area (Å²) in [7, 11) is 0. The molecule has 0 spiro atoms. The Balaban J connectivity index is 2.14. The van der Waals surface area contributed by atoms with Gasteiger partial charge in [-0.1, -0.05) is 19.1 Å². The van der Waals surface area contributed by atoms with E-state index in [0.29, 0.717) is 5.82 Å². The molecule has 2 rings (SSSR count). The molecule has 1 N–H and O–H groups in total. The zero-order valence-electron chi connectivity index (χ0n) is 8.94. The van der Waals surface area contributed by atoms with Crippen LogP contribution < -0.4 is 5.32 Å². The SMILES string of the molecule is CCc1ccc(Nc2cc(F)ncn2)cc1. The van der Waals surface area contributed by atoms with Gasteiger partial charge in [0.1, 0.15) is 12.1 Å². The second-order valence-electron chi connectivity index (χ2n) is 3.40. The van der Waals surface area contributed by atoms with Crippen molar-refractivity contribution in [2.45, 2.75) is 13.3 Å². The predicted octanol–water partition coefficient (Wildman–Crippen LogP) is 2.92. The first-order chi connectivity index (χ1) is 7.78. The van der Waals surface area contributed by atoms with Gasteiger partial charge in [0.25, 0.3) is 0 Å². The topological polar surface area (TPSA) is 37.8 Å². The first kappa shape index (κ1) is 10.5. The summed E-state index contributed by atoms with van der Waals surface area (Å²) in [6.45, 7) is 2.10. The number of nitrogens with one attached hydrogen (secondary N) is 1. The minimum absolute atomic E-state index is 0.455. The van der Waals surface area contributed by atoms with Crippen molar-refractivity contribution in [2.75, 3.05) is 5.32 Å².